The van der Waals surface area contributed by atoms with E-state index < -0.39 is 17.9 Å². The maximum Gasteiger partial charge on any atom is 0.315 e. The molecule has 1 atom stereocenters. The number of rotatable bonds is 4. The zero-order chi connectivity index (χ0) is 19.5. The van der Waals surface area contributed by atoms with Gasteiger partial charge in [-0.05, 0) is 44.2 Å². The SMILES string of the molecule is O=C(NCc1noc2c1CCCC2)N[C@H]1CCCN(c2ccccc2F)C1=O. The molecule has 3 amide bonds. The number of halogens is 1. The molecule has 0 radical (unpaired) electrons. The minimum atomic E-state index is -0.681. The number of carbonyl (C=O) groups excluding carboxylic acids is 2. The largest absolute Gasteiger partial charge is 0.361 e. The molecule has 0 bridgehead atoms. The number of piperidine rings is 1. The summed E-state index contributed by atoms with van der Waals surface area (Å²) in [5, 5.41) is 9.52. The molecule has 7 nitrogen and oxygen atoms in total. The standard InChI is InChI=1S/C20H23FN4O3/c21-14-7-2-3-9-17(14)25-11-5-8-15(19(25)26)23-20(27)22-12-16-13-6-1-4-10-18(13)28-24-16/h2-3,7,9,15H,1,4-6,8,10-12H2,(H2,22,23,27)/t15-/m0/s1. The van der Waals surface area contributed by atoms with Crippen LogP contribution >= 0.6 is 0 Å². The third-order valence-corrected chi connectivity index (χ3v) is 5.34. The summed E-state index contributed by atoms with van der Waals surface area (Å²) in [4.78, 5) is 26.4. The summed E-state index contributed by atoms with van der Waals surface area (Å²) in [5.41, 5.74) is 2.08. The quantitative estimate of drug-likeness (QED) is 0.846. The van der Waals surface area contributed by atoms with Gasteiger partial charge < -0.3 is 20.1 Å². The van der Waals surface area contributed by atoms with Crippen LogP contribution in [0.25, 0.3) is 0 Å². The molecule has 148 valence electrons. The zero-order valence-electron chi connectivity index (χ0n) is 15.5. The monoisotopic (exact) mass is 386 g/mol. The first-order chi connectivity index (χ1) is 13.6. The molecule has 1 aromatic carbocycles. The third kappa shape index (κ3) is 3.72. The van der Waals surface area contributed by atoms with Gasteiger partial charge in [-0.25, -0.2) is 9.18 Å². The molecule has 0 spiro atoms. The summed E-state index contributed by atoms with van der Waals surface area (Å²) in [6.07, 6.45) is 5.19. The van der Waals surface area contributed by atoms with Gasteiger partial charge in [0.1, 0.15) is 23.3 Å². The number of amides is 3. The Bertz CT molecular complexity index is 882. The van der Waals surface area contributed by atoms with Crippen LogP contribution in [0.15, 0.2) is 28.8 Å². The lowest BCUT2D eigenvalue weighted by atomic mass is 9.96. The molecule has 28 heavy (non-hydrogen) atoms. The molecule has 0 unspecified atom stereocenters. The Morgan fingerprint density at radius 2 is 2.07 bits per heavy atom. The topological polar surface area (TPSA) is 87.5 Å². The number of hydrogen-bond donors (Lipinski definition) is 2. The van der Waals surface area contributed by atoms with Crippen molar-refractivity contribution in [3.63, 3.8) is 0 Å². The lowest BCUT2D eigenvalue weighted by molar-refractivity contribution is -0.121. The van der Waals surface area contributed by atoms with Crippen molar-refractivity contribution in [2.75, 3.05) is 11.4 Å². The number of benzene rings is 1. The van der Waals surface area contributed by atoms with E-state index >= 15 is 0 Å². The van der Waals surface area contributed by atoms with Gasteiger partial charge in [0.25, 0.3) is 0 Å². The number of carbonyl (C=O) groups is 2. The van der Waals surface area contributed by atoms with Gasteiger partial charge in [0.2, 0.25) is 5.91 Å². The average molecular weight is 386 g/mol. The Balaban J connectivity index is 1.36. The maximum absolute atomic E-state index is 14.0. The van der Waals surface area contributed by atoms with Crippen molar-refractivity contribution >= 4 is 17.6 Å². The number of nitrogens with one attached hydrogen (secondary N) is 2. The number of aryl methyl sites for hydroxylation is 1. The third-order valence-electron chi connectivity index (χ3n) is 5.34. The number of fused-ring (bicyclic) bond motifs is 1. The van der Waals surface area contributed by atoms with Gasteiger partial charge in [-0.1, -0.05) is 17.3 Å². The van der Waals surface area contributed by atoms with Gasteiger partial charge in [0, 0.05) is 18.5 Å². The van der Waals surface area contributed by atoms with E-state index in [1.807, 2.05) is 0 Å². The molecule has 1 aliphatic carbocycles. The second-order valence-electron chi connectivity index (χ2n) is 7.20. The van der Waals surface area contributed by atoms with Crippen LogP contribution in [0.1, 0.15) is 42.7 Å². The molecule has 8 heteroatoms. The Labute approximate surface area is 162 Å². The van der Waals surface area contributed by atoms with E-state index in [9.17, 15) is 14.0 Å². The van der Waals surface area contributed by atoms with Gasteiger partial charge in [0.05, 0.1) is 12.2 Å². The lowest BCUT2D eigenvalue weighted by Crippen LogP contribution is -2.54. The average Bonchev–Trinajstić information content (AvgIpc) is 3.12. The second kappa shape index (κ2) is 8.00. The second-order valence-corrected chi connectivity index (χ2v) is 7.20. The van der Waals surface area contributed by atoms with Gasteiger partial charge >= 0.3 is 6.03 Å². The first-order valence-electron chi connectivity index (χ1n) is 9.70. The van der Waals surface area contributed by atoms with Crippen LogP contribution in [-0.4, -0.2) is 29.7 Å². The van der Waals surface area contributed by atoms with Crippen molar-refractivity contribution in [2.24, 2.45) is 0 Å². The van der Waals surface area contributed by atoms with Crippen molar-refractivity contribution < 1.29 is 18.5 Å². The highest BCUT2D eigenvalue weighted by Gasteiger charge is 2.32. The van der Waals surface area contributed by atoms with E-state index in [2.05, 4.69) is 15.8 Å². The minimum absolute atomic E-state index is 0.244. The first kappa shape index (κ1) is 18.5. The first-order valence-corrected chi connectivity index (χ1v) is 9.70. The molecule has 1 aromatic heterocycles. The summed E-state index contributed by atoms with van der Waals surface area (Å²) < 4.78 is 19.4. The maximum atomic E-state index is 14.0. The molecule has 4 rings (SSSR count). The van der Waals surface area contributed by atoms with Crippen LogP contribution < -0.4 is 15.5 Å². The van der Waals surface area contributed by atoms with E-state index in [4.69, 9.17) is 4.52 Å². The van der Waals surface area contributed by atoms with Gasteiger partial charge in [-0.3, -0.25) is 4.79 Å². The Kier molecular flexibility index (Phi) is 5.27. The molecule has 2 aromatic rings. The summed E-state index contributed by atoms with van der Waals surface area (Å²) in [7, 11) is 0. The molecule has 1 fully saturated rings. The van der Waals surface area contributed by atoms with Crippen molar-refractivity contribution in [1.29, 1.82) is 0 Å². The molecular formula is C20H23FN4O3. The van der Waals surface area contributed by atoms with Crippen LogP contribution in [0.2, 0.25) is 0 Å². The van der Waals surface area contributed by atoms with Crippen LogP contribution in [0.3, 0.4) is 0 Å². The van der Waals surface area contributed by atoms with Gasteiger partial charge in [-0.15, -0.1) is 0 Å². The van der Waals surface area contributed by atoms with Crippen LogP contribution in [0.4, 0.5) is 14.9 Å². The fraction of sp³-hybridized carbons (Fsp3) is 0.450. The van der Waals surface area contributed by atoms with Crippen molar-refractivity contribution in [3.8, 4) is 0 Å². The highest BCUT2D eigenvalue weighted by atomic mass is 19.1. The Morgan fingerprint density at radius 3 is 2.93 bits per heavy atom. The van der Waals surface area contributed by atoms with Crippen LogP contribution in [0.5, 0.6) is 0 Å². The van der Waals surface area contributed by atoms with Crippen molar-refractivity contribution in [3.05, 3.63) is 47.1 Å². The van der Waals surface area contributed by atoms with E-state index in [1.54, 1.807) is 18.2 Å². The zero-order valence-corrected chi connectivity index (χ0v) is 15.5. The lowest BCUT2D eigenvalue weighted by Gasteiger charge is -2.32. The molecule has 2 N–H and O–H groups in total. The molecule has 2 heterocycles. The summed E-state index contributed by atoms with van der Waals surface area (Å²) in [5.74, 6) is 0.161. The fourth-order valence-corrected chi connectivity index (χ4v) is 3.88. The Morgan fingerprint density at radius 1 is 1.25 bits per heavy atom. The summed E-state index contributed by atoms with van der Waals surface area (Å²) >= 11 is 0. The predicted molar refractivity (Wildman–Crippen MR) is 100 cm³/mol. The van der Waals surface area contributed by atoms with Crippen LogP contribution in [-0.2, 0) is 24.2 Å². The highest BCUT2D eigenvalue weighted by molar-refractivity contribution is 5.99. The van der Waals surface area contributed by atoms with Crippen molar-refractivity contribution in [2.45, 2.75) is 51.1 Å². The van der Waals surface area contributed by atoms with Crippen LogP contribution in [0, 0.1) is 5.82 Å². The molecule has 2 aliphatic rings. The Hall–Kier alpha value is -2.90. The van der Waals surface area contributed by atoms with E-state index in [0.29, 0.717) is 19.4 Å². The summed E-state index contributed by atoms with van der Waals surface area (Å²) in [6.45, 7) is 0.688. The normalized spacial score (nSPS) is 19.2. The van der Waals surface area contributed by atoms with E-state index in [1.165, 1.54) is 11.0 Å². The molecule has 1 saturated heterocycles. The number of hydrogen-bond acceptors (Lipinski definition) is 4. The molecular weight excluding hydrogens is 363 g/mol. The predicted octanol–water partition coefficient (Wildman–Crippen LogP) is 2.69. The number of aromatic nitrogens is 1. The van der Waals surface area contributed by atoms with E-state index in [0.717, 1.165) is 42.7 Å². The van der Waals surface area contributed by atoms with Gasteiger partial charge in [-0.2, -0.15) is 0 Å². The van der Waals surface area contributed by atoms with Crippen molar-refractivity contribution in [1.82, 2.24) is 15.8 Å². The molecule has 0 saturated carbocycles. The smallest absolute Gasteiger partial charge is 0.315 e. The number of para-hydroxylation sites is 1. The highest BCUT2D eigenvalue weighted by Crippen LogP contribution is 2.25. The summed E-state index contributed by atoms with van der Waals surface area (Å²) in [6, 6.07) is 5.04. The van der Waals surface area contributed by atoms with Gasteiger partial charge in [0.15, 0.2) is 0 Å². The molecule has 1 aliphatic heterocycles. The fourth-order valence-electron chi connectivity index (χ4n) is 3.88. The number of urea groups is 1. The number of nitrogens with zero attached hydrogens (tertiary/aromatic N) is 2. The van der Waals surface area contributed by atoms with E-state index in [-0.39, 0.29) is 18.1 Å². The minimum Gasteiger partial charge on any atom is -0.361 e. The number of anilines is 1.